The van der Waals surface area contributed by atoms with Crippen LogP contribution in [0, 0.1) is 17.2 Å². The lowest BCUT2D eigenvalue weighted by molar-refractivity contribution is -0.215. The molecule has 0 aliphatic rings. The normalized spacial score (nSPS) is 11.9. The second kappa shape index (κ2) is 13.4. The largest absolute Gasteiger partial charge is 0.460 e. The molecule has 0 amide bonds. The minimum absolute atomic E-state index is 0.00155. The van der Waals surface area contributed by atoms with Gasteiger partial charge in [0.25, 0.3) is 0 Å². The maximum Gasteiger partial charge on any atom is 0.326 e. The fourth-order valence-electron chi connectivity index (χ4n) is 3.89. The Hall–Kier alpha value is -3.46. The van der Waals surface area contributed by atoms with Crippen LogP contribution in [0.15, 0.2) is 78.9 Å². The van der Waals surface area contributed by atoms with Gasteiger partial charge in [-0.25, -0.2) is 0 Å². The average molecular weight is 471 g/mol. The van der Waals surface area contributed by atoms with Gasteiger partial charge in [0.2, 0.25) is 0 Å². The molecule has 3 rings (SSSR count). The predicted octanol–water partition coefficient (Wildman–Crippen LogP) is 6.53. The van der Waals surface area contributed by atoms with Crippen molar-refractivity contribution in [3.63, 3.8) is 0 Å². The highest BCUT2D eigenvalue weighted by Gasteiger charge is 2.32. The Morgan fingerprint density at radius 2 is 1.63 bits per heavy atom. The first-order valence-corrected chi connectivity index (χ1v) is 12.2. The lowest BCUT2D eigenvalue weighted by Gasteiger charge is -2.32. The van der Waals surface area contributed by atoms with E-state index in [9.17, 15) is 10.1 Å². The van der Waals surface area contributed by atoms with E-state index in [0.717, 1.165) is 35.1 Å². The molecule has 0 N–H and O–H groups in total. The molecule has 35 heavy (non-hydrogen) atoms. The molecule has 5 heteroatoms. The minimum Gasteiger partial charge on any atom is -0.460 e. The summed E-state index contributed by atoms with van der Waals surface area (Å²) in [6.45, 7) is 7.35. The Morgan fingerprint density at radius 1 is 0.943 bits per heavy atom. The first kappa shape index (κ1) is 26.2. The molecule has 182 valence electrons. The Labute approximate surface area is 208 Å². The molecular weight excluding hydrogens is 436 g/mol. The quantitative estimate of drug-likeness (QED) is 0.171. The molecule has 5 nitrogen and oxygen atoms in total. The zero-order valence-electron chi connectivity index (χ0n) is 20.8. The van der Waals surface area contributed by atoms with Crippen molar-refractivity contribution < 1.29 is 14.4 Å². The molecule has 3 aromatic rings. The lowest BCUT2D eigenvalue weighted by Crippen LogP contribution is -2.45. The molecule has 0 aliphatic carbocycles. The van der Waals surface area contributed by atoms with Crippen LogP contribution in [-0.4, -0.2) is 23.7 Å². The molecule has 0 heterocycles. The van der Waals surface area contributed by atoms with E-state index in [-0.39, 0.29) is 18.5 Å². The number of hydroxylamine groups is 2. The fraction of sp³-hybridized carbons (Fsp3) is 0.333. The number of nitrogens with zero attached hydrogens (tertiary/aromatic N) is 2. The number of carbonyl (C=O) groups is 1. The molecule has 0 aliphatic heterocycles. The van der Waals surface area contributed by atoms with Crippen molar-refractivity contribution in [3.8, 4) is 17.2 Å². The summed E-state index contributed by atoms with van der Waals surface area (Å²) in [6.07, 6.45) is 1.91. The van der Waals surface area contributed by atoms with Gasteiger partial charge >= 0.3 is 5.97 Å². The number of benzene rings is 3. The third-order valence-corrected chi connectivity index (χ3v) is 5.81. The molecule has 0 saturated heterocycles. The highest BCUT2D eigenvalue weighted by atomic mass is 16.7. The summed E-state index contributed by atoms with van der Waals surface area (Å²) in [5.41, 5.74) is 4.50. The second-order valence-electron chi connectivity index (χ2n) is 8.90. The summed E-state index contributed by atoms with van der Waals surface area (Å²) >= 11 is 0. The van der Waals surface area contributed by atoms with Crippen molar-refractivity contribution in [2.75, 3.05) is 6.61 Å². The topological polar surface area (TPSA) is 62.6 Å². The van der Waals surface area contributed by atoms with Crippen LogP contribution in [0.2, 0.25) is 0 Å². The van der Waals surface area contributed by atoms with E-state index >= 15 is 0 Å². The van der Waals surface area contributed by atoms with Crippen molar-refractivity contribution in [1.82, 2.24) is 5.06 Å². The molecular formula is C30H34N2O3. The standard InChI is InChI=1S/C30H34N2O3/c1-4-5-19-35-32(29(23(2)3)30(33)34-22-25-11-7-6-8-12-25)21-24-15-17-26(18-16-24)28-14-10-9-13-27(28)20-31/h6-18,23,29H,4-5,19,21-22H2,1-3H3/t29-/m0/s1. The summed E-state index contributed by atoms with van der Waals surface area (Å²) in [5, 5.41) is 11.2. The maximum atomic E-state index is 13.2. The third-order valence-electron chi connectivity index (χ3n) is 5.81. The maximum absolute atomic E-state index is 13.2. The lowest BCUT2D eigenvalue weighted by atomic mass is 9.99. The smallest absolute Gasteiger partial charge is 0.326 e. The van der Waals surface area contributed by atoms with E-state index in [0.29, 0.717) is 18.7 Å². The molecule has 3 aromatic carbocycles. The Bertz CT molecular complexity index is 1100. The highest BCUT2D eigenvalue weighted by molar-refractivity contribution is 5.76. The Morgan fingerprint density at radius 3 is 2.29 bits per heavy atom. The van der Waals surface area contributed by atoms with Crippen LogP contribution < -0.4 is 0 Å². The molecule has 0 unspecified atom stereocenters. The number of nitriles is 1. The summed E-state index contributed by atoms with van der Waals surface area (Å²) in [7, 11) is 0. The third kappa shape index (κ3) is 7.51. The second-order valence-corrected chi connectivity index (χ2v) is 8.90. The van der Waals surface area contributed by atoms with Crippen molar-refractivity contribution in [2.24, 2.45) is 5.92 Å². The van der Waals surface area contributed by atoms with Crippen molar-refractivity contribution >= 4 is 5.97 Å². The molecule has 0 fully saturated rings. The zero-order valence-corrected chi connectivity index (χ0v) is 20.8. The number of hydrogen-bond acceptors (Lipinski definition) is 5. The highest BCUT2D eigenvalue weighted by Crippen LogP contribution is 2.25. The SMILES string of the molecule is CCCCON(Cc1ccc(-c2ccccc2C#N)cc1)[C@H](C(=O)OCc1ccccc1)C(C)C. The summed E-state index contributed by atoms with van der Waals surface area (Å²) in [6, 6.07) is 27.0. The van der Waals surface area contributed by atoms with Gasteiger partial charge in [0.1, 0.15) is 12.6 Å². The summed E-state index contributed by atoms with van der Waals surface area (Å²) in [4.78, 5) is 19.3. The van der Waals surface area contributed by atoms with Gasteiger partial charge < -0.3 is 4.74 Å². The number of ether oxygens (including phenoxy) is 1. The van der Waals surface area contributed by atoms with Crippen molar-refractivity contribution in [3.05, 3.63) is 95.6 Å². The number of esters is 1. The predicted molar refractivity (Wildman–Crippen MR) is 138 cm³/mol. The molecule has 0 aromatic heterocycles. The van der Waals surface area contributed by atoms with Crippen LogP contribution in [0.3, 0.4) is 0 Å². The van der Waals surface area contributed by atoms with E-state index in [1.807, 2.05) is 92.7 Å². The first-order valence-electron chi connectivity index (χ1n) is 12.2. The average Bonchev–Trinajstić information content (AvgIpc) is 2.88. The van der Waals surface area contributed by atoms with Crippen molar-refractivity contribution in [2.45, 2.75) is 52.8 Å². The molecule has 0 spiro atoms. The number of hydrogen-bond donors (Lipinski definition) is 0. The van der Waals surface area contributed by atoms with Crippen LogP contribution in [0.4, 0.5) is 0 Å². The van der Waals surface area contributed by atoms with Gasteiger partial charge in [-0.15, -0.1) is 0 Å². The fourth-order valence-corrected chi connectivity index (χ4v) is 3.89. The molecule has 0 radical (unpaired) electrons. The molecule has 0 bridgehead atoms. The van der Waals surface area contributed by atoms with Gasteiger partial charge in [-0.05, 0) is 40.7 Å². The van der Waals surface area contributed by atoms with Crippen LogP contribution in [0.1, 0.15) is 50.3 Å². The first-order chi connectivity index (χ1) is 17.0. The number of carbonyl (C=O) groups excluding carboxylic acids is 1. The van der Waals surface area contributed by atoms with Gasteiger partial charge in [0.05, 0.1) is 24.8 Å². The van der Waals surface area contributed by atoms with Gasteiger partial charge in [-0.1, -0.05) is 100.0 Å². The minimum atomic E-state index is -0.533. The van der Waals surface area contributed by atoms with Gasteiger partial charge in [0, 0.05) is 0 Å². The van der Waals surface area contributed by atoms with E-state index in [1.165, 1.54) is 0 Å². The van der Waals surface area contributed by atoms with Gasteiger partial charge in [-0.2, -0.15) is 10.3 Å². The van der Waals surface area contributed by atoms with Gasteiger partial charge in [-0.3, -0.25) is 9.63 Å². The monoisotopic (exact) mass is 470 g/mol. The van der Waals surface area contributed by atoms with Crippen molar-refractivity contribution in [1.29, 1.82) is 5.26 Å². The Balaban J connectivity index is 1.77. The summed E-state index contributed by atoms with van der Waals surface area (Å²) in [5.74, 6) is -0.290. The van der Waals surface area contributed by atoms with Crippen LogP contribution in [-0.2, 0) is 27.5 Å². The number of rotatable bonds is 12. The Kier molecular flexibility index (Phi) is 10.0. The molecule has 0 saturated carbocycles. The zero-order chi connectivity index (χ0) is 25.0. The van der Waals surface area contributed by atoms with Crippen LogP contribution in [0.5, 0.6) is 0 Å². The summed E-state index contributed by atoms with van der Waals surface area (Å²) < 4.78 is 5.69. The van der Waals surface area contributed by atoms with E-state index in [1.54, 1.807) is 5.06 Å². The van der Waals surface area contributed by atoms with Crippen LogP contribution in [0.25, 0.3) is 11.1 Å². The van der Waals surface area contributed by atoms with E-state index in [4.69, 9.17) is 9.57 Å². The molecule has 1 atom stereocenters. The number of unbranched alkanes of at least 4 members (excludes halogenated alkanes) is 1. The van der Waals surface area contributed by atoms with Gasteiger partial charge in [0.15, 0.2) is 0 Å². The van der Waals surface area contributed by atoms with E-state index in [2.05, 4.69) is 13.0 Å². The van der Waals surface area contributed by atoms with Crippen LogP contribution >= 0.6 is 0 Å². The van der Waals surface area contributed by atoms with E-state index < -0.39 is 6.04 Å².